The maximum atomic E-state index is 12.4. The molecule has 0 unspecified atom stereocenters. The molecule has 0 bridgehead atoms. The van der Waals surface area contributed by atoms with Crippen LogP contribution in [0.4, 0.5) is 0 Å². The molecule has 23 heavy (non-hydrogen) atoms. The van der Waals surface area contributed by atoms with Gasteiger partial charge in [0.15, 0.2) is 5.17 Å². The van der Waals surface area contributed by atoms with Crippen molar-refractivity contribution in [2.75, 3.05) is 39.4 Å². The fourth-order valence-electron chi connectivity index (χ4n) is 2.96. The van der Waals surface area contributed by atoms with Gasteiger partial charge in [0, 0.05) is 36.5 Å². The molecular weight excluding hydrogens is 330 g/mol. The molecule has 0 saturated carbocycles. The van der Waals surface area contributed by atoms with Crippen molar-refractivity contribution in [3.8, 4) is 0 Å². The first-order valence-electron chi connectivity index (χ1n) is 7.95. The standard InChI is InChI=1S/C16H19N3O2S2/c20-15(18-6-8-21-9-7-18)10-12-2-3-14(23-12)13-11-22-16-17-4-1-5-19(13)16/h2-3,11H,1,4-10H2. The molecule has 1 saturated heterocycles. The highest BCUT2D eigenvalue weighted by molar-refractivity contribution is 8.16. The van der Waals surface area contributed by atoms with Crippen molar-refractivity contribution in [1.29, 1.82) is 0 Å². The zero-order valence-electron chi connectivity index (χ0n) is 12.9. The van der Waals surface area contributed by atoms with Crippen LogP contribution in [0.3, 0.4) is 0 Å². The summed E-state index contributed by atoms with van der Waals surface area (Å²) in [4.78, 5) is 23.5. The summed E-state index contributed by atoms with van der Waals surface area (Å²) in [5.41, 5.74) is 1.24. The van der Waals surface area contributed by atoms with E-state index in [2.05, 4.69) is 27.4 Å². The third kappa shape index (κ3) is 3.18. The van der Waals surface area contributed by atoms with Crippen LogP contribution < -0.4 is 0 Å². The topological polar surface area (TPSA) is 45.1 Å². The number of rotatable bonds is 3. The van der Waals surface area contributed by atoms with Gasteiger partial charge in [-0.05, 0) is 18.6 Å². The lowest BCUT2D eigenvalue weighted by molar-refractivity contribution is -0.134. The number of carbonyl (C=O) groups is 1. The molecule has 122 valence electrons. The van der Waals surface area contributed by atoms with Crippen molar-refractivity contribution in [1.82, 2.24) is 9.80 Å². The maximum absolute atomic E-state index is 12.4. The molecule has 0 N–H and O–H groups in total. The van der Waals surface area contributed by atoms with E-state index in [1.54, 1.807) is 23.1 Å². The van der Waals surface area contributed by atoms with Gasteiger partial charge in [0.1, 0.15) is 0 Å². The van der Waals surface area contributed by atoms with Gasteiger partial charge in [-0.25, -0.2) is 0 Å². The van der Waals surface area contributed by atoms with Gasteiger partial charge in [-0.2, -0.15) is 0 Å². The Morgan fingerprint density at radius 3 is 3.00 bits per heavy atom. The Bertz CT molecular complexity index is 662. The molecule has 1 aromatic heterocycles. The van der Waals surface area contributed by atoms with E-state index in [0.29, 0.717) is 32.7 Å². The molecule has 1 aromatic rings. The molecule has 4 rings (SSSR count). The van der Waals surface area contributed by atoms with Crippen molar-refractivity contribution in [3.63, 3.8) is 0 Å². The third-order valence-corrected chi connectivity index (χ3v) is 6.20. The number of fused-ring (bicyclic) bond motifs is 1. The van der Waals surface area contributed by atoms with Gasteiger partial charge in [0.2, 0.25) is 5.91 Å². The zero-order chi connectivity index (χ0) is 15.6. The second kappa shape index (κ2) is 6.67. The number of thiophene rings is 1. The Morgan fingerprint density at radius 2 is 2.13 bits per heavy atom. The lowest BCUT2D eigenvalue weighted by Gasteiger charge is -2.26. The summed E-state index contributed by atoms with van der Waals surface area (Å²) >= 11 is 3.43. The average molecular weight is 349 g/mol. The minimum Gasteiger partial charge on any atom is -0.378 e. The van der Waals surface area contributed by atoms with Gasteiger partial charge in [-0.15, -0.1) is 11.3 Å². The highest BCUT2D eigenvalue weighted by Crippen LogP contribution is 2.37. The Balaban J connectivity index is 1.44. The number of hydrogen-bond acceptors (Lipinski definition) is 6. The predicted octanol–water partition coefficient (Wildman–Crippen LogP) is 2.26. The summed E-state index contributed by atoms with van der Waals surface area (Å²) in [6.45, 7) is 4.71. The predicted molar refractivity (Wildman–Crippen MR) is 94.6 cm³/mol. The summed E-state index contributed by atoms with van der Waals surface area (Å²) in [7, 11) is 0. The molecule has 3 aliphatic rings. The van der Waals surface area contributed by atoms with Gasteiger partial charge in [-0.1, -0.05) is 11.8 Å². The lowest BCUT2D eigenvalue weighted by atomic mass is 10.2. The fraction of sp³-hybridized carbons (Fsp3) is 0.500. The van der Waals surface area contributed by atoms with Crippen LogP contribution in [-0.2, 0) is 16.0 Å². The fourth-order valence-corrected chi connectivity index (χ4v) is 5.01. The molecule has 7 heteroatoms. The molecule has 1 fully saturated rings. The highest BCUT2D eigenvalue weighted by Gasteiger charge is 2.27. The second-order valence-electron chi connectivity index (χ2n) is 5.73. The summed E-state index contributed by atoms with van der Waals surface area (Å²) < 4.78 is 5.30. The van der Waals surface area contributed by atoms with Crippen LogP contribution in [0.25, 0.3) is 5.70 Å². The molecule has 0 radical (unpaired) electrons. The van der Waals surface area contributed by atoms with Gasteiger partial charge < -0.3 is 14.5 Å². The van der Waals surface area contributed by atoms with E-state index in [1.165, 1.54) is 10.6 Å². The van der Waals surface area contributed by atoms with Gasteiger partial charge in [0.05, 0.1) is 30.2 Å². The molecule has 5 nitrogen and oxygen atoms in total. The Kier molecular flexibility index (Phi) is 4.41. The molecule has 0 atom stereocenters. The number of amides is 1. The first-order valence-corrected chi connectivity index (χ1v) is 9.64. The van der Waals surface area contributed by atoms with Crippen LogP contribution in [0.2, 0.25) is 0 Å². The van der Waals surface area contributed by atoms with Gasteiger partial charge in [-0.3, -0.25) is 9.79 Å². The van der Waals surface area contributed by atoms with Crippen molar-refractivity contribution in [3.05, 3.63) is 27.3 Å². The van der Waals surface area contributed by atoms with Crippen LogP contribution >= 0.6 is 23.1 Å². The SMILES string of the molecule is O=C(Cc1ccc(C2=CSC3=NCCCN23)s1)N1CCOCC1. The molecular formula is C16H19N3O2S2. The number of morpholine rings is 1. The van der Waals surface area contributed by atoms with E-state index in [0.717, 1.165) is 29.6 Å². The molecule has 4 heterocycles. The Labute approximate surface area is 144 Å². The van der Waals surface area contributed by atoms with Crippen LogP contribution in [0.1, 0.15) is 16.2 Å². The normalized spacial score (nSPS) is 21.0. The van der Waals surface area contributed by atoms with Gasteiger partial charge >= 0.3 is 0 Å². The number of carbonyl (C=O) groups excluding carboxylic acids is 1. The maximum Gasteiger partial charge on any atom is 0.227 e. The quantitative estimate of drug-likeness (QED) is 0.840. The monoisotopic (exact) mass is 349 g/mol. The summed E-state index contributed by atoms with van der Waals surface area (Å²) in [6, 6.07) is 4.22. The number of amidine groups is 1. The van der Waals surface area contributed by atoms with Crippen molar-refractivity contribution in [2.45, 2.75) is 12.8 Å². The van der Waals surface area contributed by atoms with Crippen LogP contribution in [0.5, 0.6) is 0 Å². The van der Waals surface area contributed by atoms with Crippen molar-refractivity contribution in [2.24, 2.45) is 4.99 Å². The van der Waals surface area contributed by atoms with Crippen LogP contribution in [-0.4, -0.2) is 60.3 Å². The van der Waals surface area contributed by atoms with E-state index in [9.17, 15) is 4.79 Å². The first kappa shape index (κ1) is 15.2. The number of nitrogens with zero attached hydrogens (tertiary/aromatic N) is 3. The second-order valence-corrected chi connectivity index (χ2v) is 7.73. The highest BCUT2D eigenvalue weighted by atomic mass is 32.2. The number of ether oxygens (including phenoxy) is 1. The minimum atomic E-state index is 0.205. The molecule has 0 aliphatic carbocycles. The number of thioether (sulfide) groups is 1. The minimum absolute atomic E-state index is 0.205. The average Bonchev–Trinajstić information content (AvgIpc) is 3.22. The third-order valence-electron chi connectivity index (χ3n) is 4.19. The van der Waals surface area contributed by atoms with Crippen molar-refractivity contribution >= 4 is 39.9 Å². The molecule has 3 aliphatic heterocycles. The number of hydrogen-bond donors (Lipinski definition) is 0. The van der Waals surface area contributed by atoms with Crippen molar-refractivity contribution < 1.29 is 9.53 Å². The van der Waals surface area contributed by atoms with Crippen LogP contribution in [0, 0.1) is 0 Å². The van der Waals surface area contributed by atoms with E-state index in [1.807, 2.05) is 4.90 Å². The molecule has 0 spiro atoms. The van der Waals surface area contributed by atoms with Gasteiger partial charge in [0.25, 0.3) is 0 Å². The Morgan fingerprint density at radius 1 is 1.26 bits per heavy atom. The summed E-state index contributed by atoms with van der Waals surface area (Å²) in [5, 5.41) is 3.30. The molecule has 1 amide bonds. The largest absolute Gasteiger partial charge is 0.378 e. The lowest BCUT2D eigenvalue weighted by Crippen LogP contribution is -2.41. The Hall–Kier alpha value is -1.31. The van der Waals surface area contributed by atoms with E-state index >= 15 is 0 Å². The zero-order valence-corrected chi connectivity index (χ0v) is 14.5. The summed E-state index contributed by atoms with van der Waals surface area (Å²) in [5.74, 6) is 0.205. The summed E-state index contributed by atoms with van der Waals surface area (Å²) in [6.07, 6.45) is 1.60. The first-order chi connectivity index (χ1) is 11.3. The number of aliphatic imine (C=N–C) groups is 1. The smallest absolute Gasteiger partial charge is 0.227 e. The van der Waals surface area contributed by atoms with E-state index in [-0.39, 0.29) is 5.91 Å². The van der Waals surface area contributed by atoms with E-state index in [4.69, 9.17) is 4.74 Å². The van der Waals surface area contributed by atoms with Crippen LogP contribution in [0.15, 0.2) is 22.5 Å². The van der Waals surface area contributed by atoms with E-state index < -0.39 is 0 Å². The molecule has 0 aromatic carbocycles.